The fraction of sp³-hybridized carbons (Fsp3) is 0.667. The number of nitrogens with one attached hydrogen (secondary N) is 1. The van der Waals surface area contributed by atoms with Crippen molar-refractivity contribution < 1.29 is 13.2 Å². The van der Waals surface area contributed by atoms with Crippen LogP contribution in [0.25, 0.3) is 0 Å². The Morgan fingerprint density at radius 2 is 1.85 bits per heavy atom. The molecular formula is C15H26ClN7O3S. The quantitative estimate of drug-likeness (QED) is 0.707. The lowest BCUT2D eigenvalue weighted by Gasteiger charge is -2.37. The summed E-state index contributed by atoms with van der Waals surface area (Å²) >= 11 is 0. The number of hydrogen-bond acceptors (Lipinski definition) is 6. The van der Waals surface area contributed by atoms with Crippen molar-refractivity contribution in [3.05, 3.63) is 11.9 Å². The number of carbonyl (C=O) groups is 1. The number of carbonyl (C=O) groups excluding carboxylic acids is 1. The molecule has 152 valence electrons. The molecule has 1 fully saturated rings. The normalized spacial score (nSPS) is 18.3. The van der Waals surface area contributed by atoms with Crippen molar-refractivity contribution in [2.45, 2.75) is 25.8 Å². The van der Waals surface area contributed by atoms with Crippen molar-refractivity contribution >= 4 is 40.3 Å². The van der Waals surface area contributed by atoms with Crippen molar-refractivity contribution in [1.82, 2.24) is 19.6 Å². The first-order chi connectivity index (χ1) is 12.3. The standard InChI is InChI=1S/C15H25N7O3S.ClH/c1-20-9-12-13(21(2)15(20)23)17-10-18-14(12)22-7-4-11(5-8-22)3-6-19-26(16,24)25;/h10-11,19H,3-9H2,1-2H3,(H2,16,24,25);1H. The lowest BCUT2D eigenvalue weighted by Crippen LogP contribution is -2.45. The van der Waals surface area contributed by atoms with E-state index in [9.17, 15) is 13.2 Å². The summed E-state index contributed by atoms with van der Waals surface area (Å²) in [5.74, 6) is 1.99. The van der Waals surface area contributed by atoms with Crippen LogP contribution in [0.5, 0.6) is 0 Å². The second-order valence-electron chi connectivity index (χ2n) is 6.86. The zero-order valence-corrected chi connectivity index (χ0v) is 17.1. The molecule has 1 aromatic heterocycles. The van der Waals surface area contributed by atoms with Crippen LogP contribution >= 0.6 is 12.4 Å². The minimum atomic E-state index is -3.62. The Labute approximate surface area is 165 Å². The molecule has 0 atom stereocenters. The predicted octanol–water partition coefficient (Wildman–Crippen LogP) is 0.300. The topological polar surface area (TPSA) is 125 Å². The smallest absolute Gasteiger partial charge is 0.325 e. The number of nitrogens with two attached hydrogens (primary N) is 1. The first-order valence-electron chi connectivity index (χ1n) is 8.61. The van der Waals surface area contributed by atoms with Gasteiger partial charge in [0, 0.05) is 33.7 Å². The minimum Gasteiger partial charge on any atom is -0.356 e. The van der Waals surface area contributed by atoms with E-state index in [1.165, 1.54) is 6.33 Å². The number of halogens is 1. The summed E-state index contributed by atoms with van der Waals surface area (Å²) in [6.45, 7) is 2.53. The van der Waals surface area contributed by atoms with Crippen LogP contribution in [0, 0.1) is 5.92 Å². The summed E-state index contributed by atoms with van der Waals surface area (Å²) in [6, 6.07) is -0.0804. The summed E-state index contributed by atoms with van der Waals surface area (Å²) in [6.07, 6.45) is 4.18. The maximum absolute atomic E-state index is 12.1. The highest BCUT2D eigenvalue weighted by Crippen LogP contribution is 2.33. The van der Waals surface area contributed by atoms with Crippen LogP contribution in [-0.2, 0) is 16.8 Å². The van der Waals surface area contributed by atoms with Gasteiger partial charge in [-0.15, -0.1) is 12.4 Å². The lowest BCUT2D eigenvalue weighted by molar-refractivity contribution is 0.211. The van der Waals surface area contributed by atoms with Gasteiger partial charge in [-0.2, -0.15) is 8.42 Å². The van der Waals surface area contributed by atoms with Crippen LogP contribution in [0.4, 0.5) is 16.4 Å². The van der Waals surface area contributed by atoms with E-state index in [1.54, 1.807) is 23.9 Å². The number of anilines is 2. The molecule has 0 spiro atoms. The Balaban J connectivity index is 0.00000261. The van der Waals surface area contributed by atoms with Crippen LogP contribution < -0.4 is 19.7 Å². The fourth-order valence-corrected chi connectivity index (χ4v) is 3.99. The monoisotopic (exact) mass is 419 g/mol. The number of hydrogen-bond donors (Lipinski definition) is 2. The van der Waals surface area contributed by atoms with Crippen LogP contribution in [0.3, 0.4) is 0 Å². The molecule has 10 nitrogen and oxygen atoms in total. The summed E-state index contributed by atoms with van der Waals surface area (Å²) < 4.78 is 24.2. The summed E-state index contributed by atoms with van der Waals surface area (Å²) in [5.41, 5.74) is 0.964. The second kappa shape index (κ2) is 8.55. The highest BCUT2D eigenvalue weighted by Gasteiger charge is 2.31. The molecule has 12 heteroatoms. The number of aromatic nitrogens is 2. The molecule has 1 aromatic rings. The van der Waals surface area contributed by atoms with E-state index in [-0.39, 0.29) is 18.4 Å². The minimum absolute atomic E-state index is 0. The summed E-state index contributed by atoms with van der Waals surface area (Å²) in [5, 5.41) is 4.95. The number of nitrogens with zero attached hydrogens (tertiary/aromatic N) is 5. The summed E-state index contributed by atoms with van der Waals surface area (Å²) in [7, 11) is -0.130. The van der Waals surface area contributed by atoms with Gasteiger partial charge < -0.3 is 9.80 Å². The first kappa shape index (κ1) is 21.6. The van der Waals surface area contributed by atoms with Gasteiger partial charge in [0.2, 0.25) is 0 Å². The van der Waals surface area contributed by atoms with Gasteiger partial charge in [-0.05, 0) is 25.2 Å². The van der Waals surface area contributed by atoms with Crippen molar-refractivity contribution in [3.8, 4) is 0 Å². The lowest BCUT2D eigenvalue weighted by atomic mass is 9.93. The Bertz CT molecular complexity index is 784. The van der Waals surface area contributed by atoms with Crippen molar-refractivity contribution in [2.24, 2.45) is 11.1 Å². The Morgan fingerprint density at radius 3 is 2.48 bits per heavy atom. The van der Waals surface area contributed by atoms with Gasteiger partial charge in [-0.1, -0.05) is 0 Å². The number of amides is 2. The zero-order chi connectivity index (χ0) is 18.9. The Kier molecular flexibility index (Phi) is 6.84. The van der Waals surface area contributed by atoms with Gasteiger partial charge in [-0.3, -0.25) is 4.90 Å². The largest absolute Gasteiger partial charge is 0.356 e. The molecule has 3 N–H and O–H groups in total. The molecule has 3 rings (SSSR count). The highest BCUT2D eigenvalue weighted by molar-refractivity contribution is 7.87. The van der Waals surface area contributed by atoms with Gasteiger partial charge in [0.05, 0.1) is 12.1 Å². The average molecular weight is 420 g/mol. The first-order valence-corrected chi connectivity index (χ1v) is 10.2. The molecule has 0 bridgehead atoms. The SMILES string of the molecule is CN1Cc2c(N3CCC(CCNS(N)(=O)=O)CC3)ncnc2N(C)C1=O.Cl. The molecule has 0 saturated carbocycles. The second-order valence-corrected chi connectivity index (χ2v) is 8.23. The van der Waals surface area contributed by atoms with E-state index >= 15 is 0 Å². The summed E-state index contributed by atoms with van der Waals surface area (Å²) in [4.78, 5) is 26.3. The van der Waals surface area contributed by atoms with Gasteiger partial charge in [-0.25, -0.2) is 24.6 Å². The molecule has 1 saturated heterocycles. The fourth-order valence-electron chi connectivity index (χ4n) is 3.59. The van der Waals surface area contributed by atoms with E-state index in [2.05, 4.69) is 19.6 Å². The molecule has 2 aliphatic rings. The highest BCUT2D eigenvalue weighted by atomic mass is 35.5. The molecule has 27 heavy (non-hydrogen) atoms. The molecule has 0 unspecified atom stereocenters. The maximum atomic E-state index is 12.1. The van der Waals surface area contributed by atoms with Crippen LogP contribution in [0.2, 0.25) is 0 Å². The zero-order valence-electron chi connectivity index (χ0n) is 15.5. The molecule has 0 aromatic carbocycles. The van der Waals surface area contributed by atoms with E-state index in [1.807, 2.05) is 0 Å². The average Bonchev–Trinajstić information content (AvgIpc) is 2.59. The van der Waals surface area contributed by atoms with Gasteiger partial charge in [0.15, 0.2) is 0 Å². The Morgan fingerprint density at radius 1 is 1.22 bits per heavy atom. The van der Waals surface area contributed by atoms with E-state index < -0.39 is 10.2 Å². The third kappa shape index (κ3) is 4.98. The van der Waals surface area contributed by atoms with Crippen LogP contribution in [-0.4, -0.2) is 63.0 Å². The molecule has 3 heterocycles. The Hall–Kier alpha value is -1.69. The molecule has 2 amide bonds. The van der Waals surface area contributed by atoms with E-state index in [0.29, 0.717) is 24.8 Å². The number of urea groups is 1. The van der Waals surface area contributed by atoms with Gasteiger partial charge in [0.25, 0.3) is 10.2 Å². The number of rotatable bonds is 5. The van der Waals surface area contributed by atoms with E-state index in [4.69, 9.17) is 5.14 Å². The molecule has 2 aliphatic heterocycles. The van der Waals surface area contributed by atoms with Crippen molar-refractivity contribution in [3.63, 3.8) is 0 Å². The maximum Gasteiger partial charge on any atom is 0.325 e. The third-order valence-corrected chi connectivity index (χ3v) is 5.60. The molecular weight excluding hydrogens is 394 g/mol. The predicted molar refractivity (Wildman–Crippen MR) is 105 cm³/mol. The van der Waals surface area contributed by atoms with Gasteiger partial charge in [0.1, 0.15) is 18.0 Å². The van der Waals surface area contributed by atoms with E-state index in [0.717, 1.165) is 43.7 Å². The van der Waals surface area contributed by atoms with Crippen LogP contribution in [0.15, 0.2) is 6.33 Å². The number of piperidine rings is 1. The molecule has 0 radical (unpaired) electrons. The van der Waals surface area contributed by atoms with Crippen molar-refractivity contribution in [1.29, 1.82) is 0 Å². The van der Waals surface area contributed by atoms with Gasteiger partial charge >= 0.3 is 6.03 Å². The van der Waals surface area contributed by atoms with Crippen LogP contribution in [0.1, 0.15) is 24.8 Å². The molecule has 0 aliphatic carbocycles. The number of fused-ring (bicyclic) bond motifs is 1. The van der Waals surface area contributed by atoms with Crippen molar-refractivity contribution in [2.75, 3.05) is 43.5 Å². The third-order valence-electron chi connectivity index (χ3n) is 5.00.